The van der Waals surface area contributed by atoms with E-state index in [9.17, 15) is 4.79 Å². The van der Waals surface area contributed by atoms with E-state index in [-0.39, 0.29) is 12.1 Å². The molecule has 4 aliphatic carbocycles. The predicted molar refractivity (Wildman–Crippen MR) is 216 cm³/mol. The standard InChI is InChI=1S/C48H82O2/c1-8-9-10-11-12-13-14-15-16-17-18-19-20-21-22-23-24-25-46(49)50-41-32-34-47(6)40(36-41)28-29-42-44-31-30-43(48(44,7)35-33-45(42)47)39(5)27-26-38(4)37(2)3/h12-13,15-16,28,37-39,41-45H,8-11,14,17-27,29-36H2,1-7H3/b13-12-,16-15-/t38-,39-,41+,42+,43-,44+,45+,47+,48-/m1/s1. The van der Waals surface area contributed by atoms with Crippen LogP contribution in [0.25, 0.3) is 0 Å². The monoisotopic (exact) mass is 691 g/mol. The fraction of sp³-hybridized carbons (Fsp3) is 0.854. The summed E-state index contributed by atoms with van der Waals surface area (Å²) < 4.78 is 6.14. The SMILES string of the molecule is CCCCC/C=C\C/C=C\CCCCCCCCCC(=O)O[C@H]1CC[C@@]2(C)C(=CC[C@H]3[C@@H]4CC[C@H]([C@H](C)CC[C@@H](C)C(C)C)[C@@]4(C)CC[C@@H]32)C1. The van der Waals surface area contributed by atoms with Crippen molar-refractivity contribution in [2.75, 3.05) is 0 Å². The molecule has 0 heterocycles. The van der Waals surface area contributed by atoms with Crippen LogP contribution in [-0.4, -0.2) is 12.1 Å². The van der Waals surface area contributed by atoms with Crippen molar-refractivity contribution < 1.29 is 9.53 Å². The van der Waals surface area contributed by atoms with Crippen molar-refractivity contribution in [2.45, 2.75) is 209 Å². The highest BCUT2D eigenvalue weighted by Gasteiger charge is 2.59. The maximum absolute atomic E-state index is 12.9. The lowest BCUT2D eigenvalue weighted by atomic mass is 9.47. The number of hydrogen-bond acceptors (Lipinski definition) is 2. The highest BCUT2D eigenvalue weighted by atomic mass is 16.5. The van der Waals surface area contributed by atoms with Gasteiger partial charge in [-0.2, -0.15) is 0 Å². The number of unbranched alkanes of at least 4 members (excludes halogenated alkanes) is 10. The first-order valence-electron chi connectivity index (χ1n) is 22.3. The molecule has 0 radical (unpaired) electrons. The molecule has 0 aromatic rings. The predicted octanol–water partition coefficient (Wildman–Crippen LogP) is 14.8. The van der Waals surface area contributed by atoms with Crippen LogP contribution < -0.4 is 0 Å². The second-order valence-corrected chi connectivity index (χ2v) is 18.8. The van der Waals surface area contributed by atoms with E-state index in [1.54, 1.807) is 5.57 Å². The molecule has 0 saturated heterocycles. The smallest absolute Gasteiger partial charge is 0.306 e. The summed E-state index contributed by atoms with van der Waals surface area (Å²) in [5, 5.41) is 0. The van der Waals surface area contributed by atoms with Crippen LogP contribution in [0.15, 0.2) is 36.0 Å². The summed E-state index contributed by atoms with van der Waals surface area (Å²) in [5.74, 6) is 6.07. The summed E-state index contributed by atoms with van der Waals surface area (Å²) in [6, 6.07) is 0. The lowest BCUT2D eigenvalue weighted by molar-refractivity contribution is -0.151. The van der Waals surface area contributed by atoms with Gasteiger partial charge in [-0.3, -0.25) is 4.79 Å². The van der Waals surface area contributed by atoms with Gasteiger partial charge in [0.1, 0.15) is 6.10 Å². The molecule has 4 rings (SSSR count). The topological polar surface area (TPSA) is 26.3 Å². The summed E-state index contributed by atoms with van der Waals surface area (Å²) in [5.41, 5.74) is 2.50. The lowest BCUT2D eigenvalue weighted by Crippen LogP contribution is -2.51. The van der Waals surface area contributed by atoms with E-state index in [1.165, 1.54) is 116 Å². The van der Waals surface area contributed by atoms with Crippen LogP contribution in [0.3, 0.4) is 0 Å². The number of carbonyl (C=O) groups is 1. The van der Waals surface area contributed by atoms with E-state index in [1.807, 2.05) is 0 Å². The summed E-state index contributed by atoms with van der Waals surface area (Å²) in [6.07, 6.45) is 42.0. The Balaban J connectivity index is 1.10. The molecule has 0 aliphatic heterocycles. The van der Waals surface area contributed by atoms with Gasteiger partial charge in [0.05, 0.1) is 0 Å². The maximum atomic E-state index is 12.9. The molecule has 0 bridgehead atoms. The minimum atomic E-state index is 0.0535. The molecule has 286 valence electrons. The van der Waals surface area contributed by atoms with E-state index in [2.05, 4.69) is 78.8 Å². The van der Waals surface area contributed by atoms with Gasteiger partial charge in [0.2, 0.25) is 0 Å². The molecule has 0 spiro atoms. The van der Waals surface area contributed by atoms with Crippen molar-refractivity contribution in [3.8, 4) is 0 Å². The molecule has 3 fully saturated rings. The van der Waals surface area contributed by atoms with Crippen molar-refractivity contribution in [1.29, 1.82) is 0 Å². The zero-order chi connectivity index (χ0) is 36.0. The highest BCUT2D eigenvalue weighted by Crippen LogP contribution is 2.67. The quantitative estimate of drug-likeness (QED) is 0.0642. The van der Waals surface area contributed by atoms with E-state index in [0.29, 0.717) is 17.3 Å². The van der Waals surface area contributed by atoms with Crippen molar-refractivity contribution >= 4 is 5.97 Å². The molecule has 4 aliphatic rings. The molecule has 0 aromatic heterocycles. The molecule has 3 saturated carbocycles. The molecule has 0 unspecified atom stereocenters. The van der Waals surface area contributed by atoms with Crippen LogP contribution in [0.1, 0.15) is 203 Å². The molecule has 2 heteroatoms. The van der Waals surface area contributed by atoms with Crippen LogP contribution in [-0.2, 0) is 9.53 Å². The second-order valence-electron chi connectivity index (χ2n) is 18.8. The highest BCUT2D eigenvalue weighted by molar-refractivity contribution is 5.69. The van der Waals surface area contributed by atoms with E-state index in [4.69, 9.17) is 4.74 Å². The molecule has 0 N–H and O–H groups in total. The molecule has 9 atom stereocenters. The van der Waals surface area contributed by atoms with Crippen LogP contribution in [0, 0.1) is 52.3 Å². The third kappa shape index (κ3) is 11.3. The Kier molecular flexibility index (Phi) is 17.2. The summed E-state index contributed by atoms with van der Waals surface area (Å²) >= 11 is 0. The Morgan fingerprint density at radius 3 is 2.18 bits per heavy atom. The third-order valence-corrected chi connectivity index (χ3v) is 15.2. The fourth-order valence-corrected chi connectivity index (χ4v) is 11.4. The first kappa shape index (κ1) is 41.4. The minimum Gasteiger partial charge on any atom is -0.462 e. The van der Waals surface area contributed by atoms with Gasteiger partial charge in [0.15, 0.2) is 0 Å². The zero-order valence-corrected chi connectivity index (χ0v) is 34.3. The Hall–Kier alpha value is -1.31. The first-order chi connectivity index (χ1) is 24.1. The van der Waals surface area contributed by atoms with Gasteiger partial charge < -0.3 is 4.74 Å². The third-order valence-electron chi connectivity index (χ3n) is 15.2. The second kappa shape index (κ2) is 20.8. The van der Waals surface area contributed by atoms with Gasteiger partial charge in [-0.15, -0.1) is 0 Å². The van der Waals surface area contributed by atoms with Gasteiger partial charge >= 0.3 is 5.97 Å². The minimum absolute atomic E-state index is 0.0535. The lowest BCUT2D eigenvalue weighted by Gasteiger charge is -2.58. The van der Waals surface area contributed by atoms with Crippen molar-refractivity contribution in [2.24, 2.45) is 52.3 Å². The molecular weight excluding hydrogens is 609 g/mol. The largest absolute Gasteiger partial charge is 0.462 e. The number of carbonyl (C=O) groups excluding carboxylic acids is 1. The maximum Gasteiger partial charge on any atom is 0.306 e. The van der Waals surface area contributed by atoms with E-state index < -0.39 is 0 Å². The Morgan fingerprint density at radius 1 is 0.800 bits per heavy atom. The van der Waals surface area contributed by atoms with Gasteiger partial charge in [-0.05, 0) is 136 Å². The number of ether oxygens (including phenoxy) is 1. The number of esters is 1. The van der Waals surface area contributed by atoms with Crippen molar-refractivity contribution in [3.05, 3.63) is 36.0 Å². The first-order valence-corrected chi connectivity index (χ1v) is 22.3. The van der Waals surface area contributed by atoms with Crippen LogP contribution in [0.2, 0.25) is 0 Å². The molecule has 0 aromatic carbocycles. The summed E-state index contributed by atoms with van der Waals surface area (Å²) in [6.45, 7) is 17.4. The average Bonchev–Trinajstić information content (AvgIpc) is 3.45. The number of allylic oxidation sites excluding steroid dienone is 5. The molecular formula is C48H82O2. The van der Waals surface area contributed by atoms with E-state index >= 15 is 0 Å². The normalized spacial score (nSPS) is 32.2. The number of hydrogen-bond donors (Lipinski definition) is 0. The Bertz CT molecular complexity index is 1080. The van der Waals surface area contributed by atoms with Crippen LogP contribution in [0.4, 0.5) is 0 Å². The van der Waals surface area contributed by atoms with Crippen molar-refractivity contribution in [3.63, 3.8) is 0 Å². The van der Waals surface area contributed by atoms with Gasteiger partial charge in [0.25, 0.3) is 0 Å². The number of fused-ring (bicyclic) bond motifs is 5. The van der Waals surface area contributed by atoms with E-state index in [0.717, 1.165) is 73.5 Å². The average molecular weight is 691 g/mol. The summed E-state index contributed by atoms with van der Waals surface area (Å²) in [4.78, 5) is 12.9. The Morgan fingerprint density at radius 2 is 1.48 bits per heavy atom. The molecule has 2 nitrogen and oxygen atoms in total. The fourth-order valence-electron chi connectivity index (χ4n) is 11.4. The van der Waals surface area contributed by atoms with Gasteiger partial charge in [-0.1, -0.05) is 142 Å². The van der Waals surface area contributed by atoms with Crippen LogP contribution in [0.5, 0.6) is 0 Å². The van der Waals surface area contributed by atoms with Crippen molar-refractivity contribution in [1.82, 2.24) is 0 Å². The van der Waals surface area contributed by atoms with Gasteiger partial charge in [-0.25, -0.2) is 0 Å². The Labute approximate surface area is 311 Å². The van der Waals surface area contributed by atoms with Crippen LogP contribution >= 0.6 is 0 Å². The molecule has 50 heavy (non-hydrogen) atoms. The number of rotatable bonds is 22. The molecule has 0 amide bonds. The van der Waals surface area contributed by atoms with Gasteiger partial charge in [0, 0.05) is 12.8 Å². The zero-order valence-electron chi connectivity index (χ0n) is 34.3. The summed E-state index contributed by atoms with van der Waals surface area (Å²) in [7, 11) is 0.